The van der Waals surface area contributed by atoms with Gasteiger partial charge in [0.25, 0.3) is 5.91 Å². The second kappa shape index (κ2) is 7.69. The molecule has 0 aliphatic carbocycles. The minimum absolute atomic E-state index is 0.123. The third-order valence-electron chi connectivity index (χ3n) is 5.43. The van der Waals surface area contributed by atoms with Crippen LogP contribution in [-0.4, -0.2) is 72.2 Å². The van der Waals surface area contributed by atoms with Gasteiger partial charge in [-0.05, 0) is 18.6 Å². The Morgan fingerprint density at radius 1 is 1.18 bits per heavy atom. The van der Waals surface area contributed by atoms with Gasteiger partial charge in [-0.3, -0.25) is 29.4 Å². The number of imide groups is 1. The van der Waals surface area contributed by atoms with E-state index in [9.17, 15) is 19.2 Å². The van der Waals surface area contributed by atoms with E-state index in [1.165, 1.54) is 4.90 Å². The Bertz CT molecular complexity index is 834. The maximum atomic E-state index is 12.8. The molecule has 3 N–H and O–H groups in total. The van der Waals surface area contributed by atoms with Gasteiger partial charge in [0.1, 0.15) is 6.04 Å². The Morgan fingerprint density at radius 3 is 2.71 bits per heavy atom. The van der Waals surface area contributed by atoms with Crippen molar-refractivity contribution >= 4 is 29.3 Å². The van der Waals surface area contributed by atoms with Gasteiger partial charge in [-0.15, -0.1) is 0 Å². The van der Waals surface area contributed by atoms with E-state index in [-0.39, 0.29) is 30.7 Å². The smallest absolute Gasteiger partial charge is 0.255 e. The van der Waals surface area contributed by atoms with Gasteiger partial charge >= 0.3 is 0 Å². The normalized spacial score (nSPS) is 22.8. The molecule has 0 radical (unpaired) electrons. The van der Waals surface area contributed by atoms with Gasteiger partial charge in [-0.25, -0.2) is 0 Å². The first-order valence-electron chi connectivity index (χ1n) is 9.52. The summed E-state index contributed by atoms with van der Waals surface area (Å²) >= 11 is 0. The maximum Gasteiger partial charge on any atom is 0.255 e. The van der Waals surface area contributed by atoms with Crippen LogP contribution in [0.5, 0.6) is 0 Å². The number of carbonyl (C=O) groups excluding carboxylic acids is 4. The van der Waals surface area contributed by atoms with E-state index in [1.54, 1.807) is 18.2 Å². The quantitative estimate of drug-likeness (QED) is 0.591. The zero-order valence-electron chi connectivity index (χ0n) is 15.5. The fourth-order valence-electron chi connectivity index (χ4n) is 3.96. The van der Waals surface area contributed by atoms with E-state index in [2.05, 4.69) is 20.9 Å². The maximum absolute atomic E-state index is 12.8. The minimum Gasteiger partial charge on any atom is -0.325 e. The lowest BCUT2D eigenvalue weighted by Crippen LogP contribution is -2.52. The number of nitrogens with one attached hydrogen (secondary N) is 3. The largest absolute Gasteiger partial charge is 0.325 e. The van der Waals surface area contributed by atoms with Crippen molar-refractivity contribution in [3.63, 3.8) is 0 Å². The molecular formula is C19H23N5O4. The number of nitrogens with zero attached hydrogens (tertiary/aromatic N) is 2. The van der Waals surface area contributed by atoms with Crippen LogP contribution in [-0.2, 0) is 20.9 Å². The molecule has 1 aromatic rings. The summed E-state index contributed by atoms with van der Waals surface area (Å²) in [6, 6.07) is 4.54. The predicted octanol–water partition coefficient (Wildman–Crippen LogP) is -0.709. The number of fused-ring (bicyclic) bond motifs is 1. The number of rotatable bonds is 4. The van der Waals surface area contributed by atoms with Crippen molar-refractivity contribution in [1.82, 2.24) is 20.4 Å². The monoisotopic (exact) mass is 385 g/mol. The number of carbonyl (C=O) groups is 4. The van der Waals surface area contributed by atoms with Gasteiger partial charge in [0.05, 0.1) is 6.54 Å². The number of amides is 4. The summed E-state index contributed by atoms with van der Waals surface area (Å²) in [6.07, 6.45) is 0.528. The van der Waals surface area contributed by atoms with Crippen LogP contribution in [0.1, 0.15) is 28.8 Å². The Labute approximate surface area is 162 Å². The van der Waals surface area contributed by atoms with Crippen LogP contribution in [0.15, 0.2) is 18.2 Å². The van der Waals surface area contributed by atoms with Gasteiger partial charge in [0.2, 0.25) is 17.7 Å². The van der Waals surface area contributed by atoms with E-state index >= 15 is 0 Å². The summed E-state index contributed by atoms with van der Waals surface area (Å²) in [6.45, 7) is 3.91. The predicted molar refractivity (Wildman–Crippen MR) is 100 cm³/mol. The molecule has 2 saturated heterocycles. The summed E-state index contributed by atoms with van der Waals surface area (Å²) in [7, 11) is 0. The molecule has 0 spiro atoms. The third kappa shape index (κ3) is 3.63. The number of benzene rings is 1. The molecule has 28 heavy (non-hydrogen) atoms. The topological polar surface area (TPSA) is 111 Å². The first-order valence-corrected chi connectivity index (χ1v) is 9.52. The third-order valence-corrected chi connectivity index (χ3v) is 5.43. The summed E-state index contributed by atoms with van der Waals surface area (Å²) in [5.74, 6) is -1.13. The molecule has 9 nitrogen and oxygen atoms in total. The molecule has 0 aromatic heterocycles. The highest BCUT2D eigenvalue weighted by Crippen LogP contribution is 2.32. The summed E-state index contributed by atoms with van der Waals surface area (Å²) in [5.41, 5.74) is 1.80. The van der Waals surface area contributed by atoms with Crippen molar-refractivity contribution in [3.8, 4) is 0 Å². The van der Waals surface area contributed by atoms with E-state index < -0.39 is 11.9 Å². The first-order chi connectivity index (χ1) is 13.5. The second-order valence-corrected chi connectivity index (χ2v) is 7.31. The Hall–Kier alpha value is -2.78. The number of hydrogen-bond acceptors (Lipinski definition) is 6. The molecule has 0 bridgehead atoms. The molecule has 1 aromatic carbocycles. The summed E-state index contributed by atoms with van der Waals surface area (Å²) in [4.78, 5) is 52.4. The highest BCUT2D eigenvalue weighted by atomic mass is 16.2. The summed E-state index contributed by atoms with van der Waals surface area (Å²) in [5, 5.41) is 8.46. The Balaban J connectivity index is 1.47. The van der Waals surface area contributed by atoms with Crippen LogP contribution in [0.25, 0.3) is 0 Å². The molecule has 0 saturated carbocycles. The standard InChI is InChI=1S/C19H23N5O4/c25-16-5-4-15(18(27)22-16)24-10-13-12(19(24)28)2-1-3-14(13)21-17(26)11-23-8-6-20-7-9-23/h1-3,15,20H,4-11H2,(H,21,26)(H,22,25,27). The van der Waals surface area contributed by atoms with Crippen molar-refractivity contribution in [2.75, 3.05) is 38.0 Å². The Kier molecular flexibility index (Phi) is 5.10. The molecular weight excluding hydrogens is 362 g/mol. The zero-order valence-corrected chi connectivity index (χ0v) is 15.5. The lowest BCUT2D eigenvalue weighted by molar-refractivity contribution is -0.137. The van der Waals surface area contributed by atoms with Gasteiger partial charge in [0, 0.05) is 56.0 Å². The van der Waals surface area contributed by atoms with E-state index in [4.69, 9.17) is 0 Å². The van der Waals surface area contributed by atoms with Gasteiger partial charge in [-0.1, -0.05) is 6.07 Å². The molecule has 4 amide bonds. The number of anilines is 1. The van der Waals surface area contributed by atoms with E-state index in [1.807, 2.05) is 0 Å². The van der Waals surface area contributed by atoms with Crippen LogP contribution >= 0.6 is 0 Å². The number of piperazine rings is 1. The van der Waals surface area contributed by atoms with Crippen molar-refractivity contribution < 1.29 is 19.2 Å². The molecule has 4 rings (SSSR count). The Morgan fingerprint density at radius 2 is 1.96 bits per heavy atom. The highest BCUT2D eigenvalue weighted by molar-refractivity contribution is 6.06. The molecule has 3 aliphatic rings. The SMILES string of the molecule is O=C1CCC(N2Cc3c(NC(=O)CN4CCNCC4)cccc3C2=O)C(=O)N1. The number of piperidine rings is 1. The van der Waals surface area contributed by atoms with E-state index in [0.717, 1.165) is 26.2 Å². The van der Waals surface area contributed by atoms with Crippen LogP contribution in [0.3, 0.4) is 0 Å². The molecule has 9 heteroatoms. The van der Waals surface area contributed by atoms with Crippen LogP contribution in [0.2, 0.25) is 0 Å². The lowest BCUT2D eigenvalue weighted by atomic mass is 10.0. The number of hydrogen-bond donors (Lipinski definition) is 3. The van der Waals surface area contributed by atoms with Gasteiger partial charge in [0.15, 0.2) is 0 Å². The fraction of sp³-hybridized carbons (Fsp3) is 0.474. The van der Waals surface area contributed by atoms with Crippen LogP contribution in [0, 0.1) is 0 Å². The fourth-order valence-corrected chi connectivity index (χ4v) is 3.96. The van der Waals surface area contributed by atoms with Crippen LogP contribution in [0.4, 0.5) is 5.69 Å². The average Bonchev–Trinajstić information content (AvgIpc) is 3.00. The van der Waals surface area contributed by atoms with Gasteiger partial charge in [-0.2, -0.15) is 0 Å². The zero-order chi connectivity index (χ0) is 19.7. The minimum atomic E-state index is -0.665. The summed E-state index contributed by atoms with van der Waals surface area (Å²) < 4.78 is 0. The first kappa shape index (κ1) is 18.6. The van der Waals surface area contributed by atoms with Crippen molar-refractivity contribution in [2.45, 2.75) is 25.4 Å². The average molecular weight is 385 g/mol. The molecule has 2 fully saturated rings. The van der Waals surface area contributed by atoms with Gasteiger partial charge < -0.3 is 15.5 Å². The second-order valence-electron chi connectivity index (χ2n) is 7.31. The van der Waals surface area contributed by atoms with Crippen molar-refractivity contribution in [1.29, 1.82) is 0 Å². The molecule has 1 unspecified atom stereocenters. The lowest BCUT2D eigenvalue weighted by Gasteiger charge is -2.29. The molecule has 148 valence electrons. The van der Waals surface area contributed by atoms with Crippen LogP contribution < -0.4 is 16.0 Å². The molecule has 3 heterocycles. The molecule has 3 aliphatic heterocycles. The van der Waals surface area contributed by atoms with Crippen molar-refractivity contribution in [2.24, 2.45) is 0 Å². The molecule has 1 atom stereocenters. The van der Waals surface area contributed by atoms with E-state index in [0.29, 0.717) is 29.8 Å². The highest BCUT2D eigenvalue weighted by Gasteiger charge is 2.39. The van der Waals surface area contributed by atoms with Crippen molar-refractivity contribution in [3.05, 3.63) is 29.3 Å².